The highest BCUT2D eigenvalue weighted by Crippen LogP contribution is 2.32. The Balaban J connectivity index is 0.00000361. The largest absolute Gasteiger partial charge is 0.419 e. The van der Waals surface area contributed by atoms with Gasteiger partial charge < -0.3 is 11.1 Å². The average molecular weight is 501 g/mol. The van der Waals surface area contributed by atoms with Crippen molar-refractivity contribution in [2.45, 2.75) is 58.0 Å². The molecule has 192 valence electrons. The third-order valence-electron chi connectivity index (χ3n) is 6.18. The first kappa shape index (κ1) is 27.2. The third kappa shape index (κ3) is 7.07. The molecule has 1 aliphatic rings. The number of halogens is 3. The van der Waals surface area contributed by atoms with Crippen LogP contribution in [0.3, 0.4) is 0 Å². The van der Waals surface area contributed by atoms with Crippen LogP contribution in [0.5, 0.6) is 0 Å². The lowest BCUT2D eigenvalue weighted by Gasteiger charge is -2.23. The molecule has 3 aromatic rings. The zero-order chi connectivity index (χ0) is 24.8. The van der Waals surface area contributed by atoms with Crippen LogP contribution >= 0.6 is 0 Å². The van der Waals surface area contributed by atoms with E-state index in [2.05, 4.69) is 37.4 Å². The van der Waals surface area contributed by atoms with Gasteiger partial charge in [0.2, 0.25) is 5.91 Å². The van der Waals surface area contributed by atoms with Crippen LogP contribution in [0.1, 0.15) is 65.8 Å². The molecule has 0 bridgehead atoms. The molecular formula is C26H31F3N6O. The fraction of sp³-hybridized carbons (Fsp3) is 0.423. The Bertz CT molecular complexity index is 1160. The maximum absolute atomic E-state index is 13.6. The molecule has 2 aromatic heterocycles. The second-order valence-electron chi connectivity index (χ2n) is 8.68. The minimum atomic E-state index is -4.58. The van der Waals surface area contributed by atoms with Gasteiger partial charge >= 0.3 is 6.18 Å². The standard InChI is InChI=1S/C25H27F3N6O.CH4/c26-25(27,28)19-15-33-24(13-16-1-3-17(4-2-16)18-7-9-30-10-8-18)34-20(19)5-6-21-22(14-23(29)35)32-12-11-31-21;/h1-4,11-12,15,18,30H,5-10,13-14H2,(H2,29,35);1H4. The Labute approximate surface area is 208 Å². The monoisotopic (exact) mass is 500 g/mol. The molecule has 0 radical (unpaired) electrons. The van der Waals surface area contributed by atoms with Crippen molar-refractivity contribution in [1.82, 2.24) is 25.3 Å². The summed E-state index contributed by atoms with van der Waals surface area (Å²) in [6, 6.07) is 8.16. The van der Waals surface area contributed by atoms with E-state index in [9.17, 15) is 18.0 Å². The van der Waals surface area contributed by atoms with E-state index >= 15 is 0 Å². The minimum Gasteiger partial charge on any atom is -0.369 e. The number of carbonyl (C=O) groups excluding carboxylic acids is 1. The van der Waals surface area contributed by atoms with E-state index in [1.807, 2.05) is 12.1 Å². The number of primary amides is 1. The highest BCUT2D eigenvalue weighted by Gasteiger charge is 2.35. The van der Waals surface area contributed by atoms with Crippen LogP contribution in [-0.2, 0) is 36.7 Å². The first-order valence-corrected chi connectivity index (χ1v) is 11.6. The molecular weight excluding hydrogens is 469 g/mol. The maximum Gasteiger partial charge on any atom is 0.419 e. The fourth-order valence-electron chi connectivity index (χ4n) is 4.37. The molecule has 1 fully saturated rings. The highest BCUT2D eigenvalue weighted by atomic mass is 19.4. The Morgan fingerprint density at radius 3 is 2.25 bits per heavy atom. The second kappa shape index (κ2) is 12.0. The quantitative estimate of drug-likeness (QED) is 0.487. The van der Waals surface area contributed by atoms with E-state index in [-0.39, 0.29) is 32.4 Å². The van der Waals surface area contributed by atoms with E-state index in [4.69, 9.17) is 5.73 Å². The second-order valence-corrected chi connectivity index (χ2v) is 8.68. The summed E-state index contributed by atoms with van der Waals surface area (Å²) in [5.41, 5.74) is 7.26. The molecule has 1 amide bonds. The number of alkyl halides is 3. The van der Waals surface area contributed by atoms with Crippen molar-refractivity contribution < 1.29 is 18.0 Å². The molecule has 1 aromatic carbocycles. The lowest BCUT2D eigenvalue weighted by molar-refractivity contribution is -0.138. The summed E-state index contributed by atoms with van der Waals surface area (Å²) >= 11 is 0. The Kier molecular flexibility index (Phi) is 9.08. The summed E-state index contributed by atoms with van der Waals surface area (Å²) < 4.78 is 40.9. The van der Waals surface area contributed by atoms with Crippen LogP contribution in [0.2, 0.25) is 0 Å². The van der Waals surface area contributed by atoms with Crippen molar-refractivity contribution in [3.63, 3.8) is 0 Å². The zero-order valence-electron chi connectivity index (χ0n) is 19.2. The van der Waals surface area contributed by atoms with Crippen LogP contribution in [0, 0.1) is 0 Å². The van der Waals surface area contributed by atoms with Crippen molar-refractivity contribution in [3.05, 3.63) is 82.5 Å². The first-order valence-electron chi connectivity index (χ1n) is 11.6. The van der Waals surface area contributed by atoms with Crippen LogP contribution in [0.15, 0.2) is 42.9 Å². The van der Waals surface area contributed by atoms with Gasteiger partial charge in [0, 0.05) is 25.0 Å². The van der Waals surface area contributed by atoms with Gasteiger partial charge in [-0.1, -0.05) is 31.7 Å². The van der Waals surface area contributed by atoms with Crippen molar-refractivity contribution in [1.29, 1.82) is 0 Å². The van der Waals surface area contributed by atoms with Crippen molar-refractivity contribution in [2.24, 2.45) is 5.73 Å². The molecule has 3 N–H and O–H groups in total. The number of aryl methyl sites for hydroxylation is 2. The molecule has 0 spiro atoms. The van der Waals surface area contributed by atoms with Gasteiger partial charge in [0.25, 0.3) is 0 Å². The lowest BCUT2D eigenvalue weighted by Crippen LogP contribution is -2.26. The van der Waals surface area contributed by atoms with Crippen molar-refractivity contribution >= 4 is 5.91 Å². The topological polar surface area (TPSA) is 107 Å². The summed E-state index contributed by atoms with van der Waals surface area (Å²) in [6.45, 7) is 2.01. The SMILES string of the molecule is C.NC(=O)Cc1nccnc1CCc1nc(Cc2ccc(C3CCNCC3)cc2)ncc1C(F)(F)F. The number of carbonyl (C=O) groups is 1. The number of benzene rings is 1. The van der Waals surface area contributed by atoms with Crippen LogP contribution in [0.25, 0.3) is 0 Å². The summed E-state index contributed by atoms with van der Waals surface area (Å²) in [4.78, 5) is 27.8. The molecule has 0 saturated carbocycles. The van der Waals surface area contributed by atoms with Crippen LogP contribution < -0.4 is 11.1 Å². The number of nitrogens with two attached hydrogens (primary N) is 1. The molecule has 4 rings (SSSR count). The van der Waals surface area contributed by atoms with E-state index < -0.39 is 17.6 Å². The van der Waals surface area contributed by atoms with E-state index in [1.54, 1.807) is 0 Å². The summed E-state index contributed by atoms with van der Waals surface area (Å²) in [7, 11) is 0. The maximum atomic E-state index is 13.6. The molecule has 0 aliphatic carbocycles. The van der Waals surface area contributed by atoms with E-state index in [0.29, 0.717) is 29.6 Å². The first-order chi connectivity index (χ1) is 16.8. The Morgan fingerprint density at radius 2 is 1.61 bits per heavy atom. The number of nitrogens with zero attached hydrogens (tertiary/aromatic N) is 4. The third-order valence-corrected chi connectivity index (χ3v) is 6.18. The van der Waals surface area contributed by atoms with Gasteiger partial charge in [-0.15, -0.1) is 0 Å². The number of hydrogen-bond acceptors (Lipinski definition) is 6. The zero-order valence-corrected chi connectivity index (χ0v) is 19.2. The normalized spacial score (nSPS) is 14.3. The summed E-state index contributed by atoms with van der Waals surface area (Å²) in [5.74, 6) is 0.261. The molecule has 0 unspecified atom stereocenters. The predicted molar refractivity (Wildman–Crippen MR) is 130 cm³/mol. The fourth-order valence-corrected chi connectivity index (χ4v) is 4.37. The smallest absolute Gasteiger partial charge is 0.369 e. The highest BCUT2D eigenvalue weighted by molar-refractivity contribution is 5.76. The van der Waals surface area contributed by atoms with Gasteiger partial charge in [-0.25, -0.2) is 9.97 Å². The molecule has 1 aliphatic heterocycles. The average Bonchev–Trinajstić information content (AvgIpc) is 2.83. The summed E-state index contributed by atoms with van der Waals surface area (Å²) in [6.07, 6.45) is 1.63. The van der Waals surface area contributed by atoms with Crippen molar-refractivity contribution in [2.75, 3.05) is 13.1 Å². The molecule has 10 heteroatoms. The van der Waals surface area contributed by atoms with Crippen LogP contribution in [0.4, 0.5) is 13.2 Å². The number of aromatic nitrogens is 4. The van der Waals surface area contributed by atoms with Gasteiger partial charge in [-0.05, 0) is 55.8 Å². The summed E-state index contributed by atoms with van der Waals surface area (Å²) in [5, 5.41) is 3.36. The molecule has 36 heavy (non-hydrogen) atoms. The molecule has 1 saturated heterocycles. The number of hydrogen-bond donors (Lipinski definition) is 2. The van der Waals surface area contributed by atoms with E-state index in [1.165, 1.54) is 18.0 Å². The number of amides is 1. The minimum absolute atomic E-state index is 0. The number of piperidine rings is 1. The van der Waals surface area contributed by atoms with Gasteiger partial charge in [0.15, 0.2) is 0 Å². The van der Waals surface area contributed by atoms with Gasteiger partial charge in [-0.2, -0.15) is 13.2 Å². The number of nitrogens with one attached hydrogen (secondary N) is 1. The number of rotatable bonds is 8. The van der Waals surface area contributed by atoms with E-state index in [0.717, 1.165) is 37.7 Å². The predicted octanol–water partition coefficient (Wildman–Crippen LogP) is 3.79. The van der Waals surface area contributed by atoms with Gasteiger partial charge in [-0.3, -0.25) is 14.8 Å². The van der Waals surface area contributed by atoms with Crippen molar-refractivity contribution in [3.8, 4) is 0 Å². The Morgan fingerprint density at radius 1 is 0.972 bits per heavy atom. The molecule has 3 heterocycles. The lowest BCUT2D eigenvalue weighted by atomic mass is 9.89. The van der Waals surface area contributed by atoms with Crippen LogP contribution in [-0.4, -0.2) is 38.9 Å². The molecule has 0 atom stereocenters. The van der Waals surface area contributed by atoms with Gasteiger partial charge in [0.05, 0.1) is 29.1 Å². The van der Waals surface area contributed by atoms with Gasteiger partial charge in [0.1, 0.15) is 5.82 Å². The molecule has 7 nitrogen and oxygen atoms in total. The Hall–Kier alpha value is -3.40.